The molecule has 0 N–H and O–H groups in total. The van der Waals surface area contributed by atoms with Gasteiger partial charge in [0.2, 0.25) is 0 Å². The third kappa shape index (κ3) is 5.79. The van der Waals surface area contributed by atoms with Gasteiger partial charge in [0.25, 0.3) is 0 Å². The van der Waals surface area contributed by atoms with Gasteiger partial charge in [0, 0.05) is 0 Å². The second-order valence-electron chi connectivity index (χ2n) is 4.01. The zero-order chi connectivity index (χ0) is 11.8. The van der Waals surface area contributed by atoms with Gasteiger partial charge in [-0.25, -0.2) is 0 Å². The predicted molar refractivity (Wildman–Crippen MR) is 78.0 cm³/mol. The van der Waals surface area contributed by atoms with Crippen molar-refractivity contribution >= 4 is 32.8 Å². The van der Waals surface area contributed by atoms with Crippen LogP contribution in [0.15, 0.2) is 34.1 Å². The van der Waals surface area contributed by atoms with Gasteiger partial charge in [-0.05, 0) is 0 Å². The van der Waals surface area contributed by atoms with Crippen molar-refractivity contribution < 1.29 is 0 Å². The average Bonchev–Trinajstić information content (AvgIpc) is 2.27. The molecule has 0 radical (unpaired) electrons. The molecule has 0 saturated heterocycles. The molecule has 0 spiro atoms. The monoisotopic (exact) mass is 300 g/mol. The molecular formula is C14H20SSe. The Hall–Kier alpha value is -0.171. The van der Waals surface area contributed by atoms with E-state index in [-0.39, 0.29) is 0 Å². The molecule has 16 heavy (non-hydrogen) atoms. The normalized spacial score (nSPS) is 12.1. The van der Waals surface area contributed by atoms with Crippen LogP contribution in [0, 0.1) is 5.92 Å². The van der Waals surface area contributed by atoms with E-state index in [1.807, 2.05) is 11.8 Å². The molecular weight excluding hydrogens is 279 g/mol. The summed E-state index contributed by atoms with van der Waals surface area (Å²) in [4.78, 5) is 0. The Bertz CT molecular complexity index is 317. The van der Waals surface area contributed by atoms with Crippen molar-refractivity contribution in [3.8, 4) is 0 Å². The van der Waals surface area contributed by atoms with Crippen LogP contribution >= 0.6 is 11.8 Å². The fourth-order valence-electron chi connectivity index (χ4n) is 1.20. The molecule has 0 nitrogen and oxygen atoms in total. The van der Waals surface area contributed by atoms with Crippen molar-refractivity contribution in [3.63, 3.8) is 0 Å². The van der Waals surface area contributed by atoms with Crippen molar-refractivity contribution in [3.05, 3.63) is 39.7 Å². The minimum absolute atomic E-state index is 0.648. The molecule has 0 aliphatic heterocycles. The van der Waals surface area contributed by atoms with E-state index in [0.717, 1.165) is 5.92 Å². The first-order chi connectivity index (χ1) is 7.72. The predicted octanol–water partition coefficient (Wildman–Crippen LogP) is 4.52. The first-order valence-corrected chi connectivity index (χ1v) is 8.80. The van der Waals surface area contributed by atoms with Crippen LogP contribution in [-0.4, -0.2) is 20.7 Å². The Labute approximate surface area is 110 Å². The molecule has 88 valence electrons. The first-order valence-electron chi connectivity index (χ1n) is 5.74. The first kappa shape index (κ1) is 13.9. The zero-order valence-electron chi connectivity index (χ0n) is 10.3. The maximum absolute atomic E-state index is 2.36. The van der Waals surface area contributed by atoms with Crippen molar-refractivity contribution in [2.24, 2.45) is 5.92 Å². The van der Waals surface area contributed by atoms with Crippen LogP contribution in [0.4, 0.5) is 0 Å². The van der Waals surface area contributed by atoms with Crippen molar-refractivity contribution in [1.82, 2.24) is 0 Å². The molecule has 0 saturated carbocycles. The number of benzene rings is 1. The van der Waals surface area contributed by atoms with E-state index >= 15 is 0 Å². The maximum atomic E-state index is 2.36. The topological polar surface area (TPSA) is 0 Å². The Morgan fingerprint density at radius 2 is 2.00 bits per heavy atom. The summed E-state index contributed by atoms with van der Waals surface area (Å²) in [5.41, 5.74) is 1.34. The van der Waals surface area contributed by atoms with Gasteiger partial charge in [-0.15, -0.1) is 0 Å². The van der Waals surface area contributed by atoms with Gasteiger partial charge < -0.3 is 0 Å². The van der Waals surface area contributed by atoms with E-state index in [1.54, 1.807) is 3.80 Å². The second kappa shape index (κ2) is 8.00. The third-order valence-electron chi connectivity index (χ3n) is 1.93. The Balaban J connectivity index is 2.65. The summed E-state index contributed by atoms with van der Waals surface area (Å²) in [6.45, 7) is 6.84. The molecule has 2 heteroatoms. The third-order valence-corrected chi connectivity index (χ3v) is 5.97. The second-order valence-corrected chi connectivity index (χ2v) is 8.40. The van der Waals surface area contributed by atoms with Crippen molar-refractivity contribution in [2.45, 2.75) is 26.1 Å². The molecule has 0 aromatic heterocycles. The summed E-state index contributed by atoms with van der Waals surface area (Å²) in [5.74, 6) is 2.01. The van der Waals surface area contributed by atoms with Crippen LogP contribution in [0.1, 0.15) is 26.3 Å². The number of hydrogen-bond donors (Lipinski definition) is 0. The van der Waals surface area contributed by atoms with E-state index in [2.05, 4.69) is 57.2 Å². The summed E-state index contributed by atoms with van der Waals surface area (Å²) in [5, 5.41) is 1.29. The van der Waals surface area contributed by atoms with E-state index in [4.69, 9.17) is 0 Å². The summed E-state index contributed by atoms with van der Waals surface area (Å²) >= 11 is 2.69. The van der Waals surface area contributed by atoms with Gasteiger partial charge in [-0.3, -0.25) is 0 Å². The molecule has 1 rings (SSSR count). The molecule has 0 aliphatic rings. The number of hydrogen-bond acceptors (Lipinski definition) is 1. The average molecular weight is 299 g/mol. The molecule has 0 aliphatic carbocycles. The van der Waals surface area contributed by atoms with Crippen LogP contribution in [0.5, 0.6) is 0 Å². The zero-order valence-corrected chi connectivity index (χ0v) is 12.8. The quantitative estimate of drug-likeness (QED) is 0.696. The van der Waals surface area contributed by atoms with Crippen LogP contribution in [0.2, 0.25) is 5.32 Å². The fourth-order valence-corrected chi connectivity index (χ4v) is 4.62. The minimum atomic E-state index is 0.648. The van der Waals surface area contributed by atoms with Crippen LogP contribution in [0.25, 0.3) is 6.08 Å². The summed E-state index contributed by atoms with van der Waals surface area (Å²) in [6, 6.07) is 10.7. The molecule has 0 heterocycles. The van der Waals surface area contributed by atoms with Crippen LogP contribution in [0.3, 0.4) is 0 Å². The molecule has 1 aromatic rings. The molecule has 1 aromatic carbocycles. The number of thioether (sulfide) groups is 1. The fraction of sp³-hybridized carbons (Fsp3) is 0.429. The standard InChI is InChI=1S/C14H20SSe/c1-4-16-14(15-11-12(2)3)10-13-8-6-5-7-9-13/h5-10,12H,4,11H2,1-3H3/b14-10-. The Morgan fingerprint density at radius 1 is 1.31 bits per heavy atom. The van der Waals surface area contributed by atoms with E-state index in [0.29, 0.717) is 15.0 Å². The molecule has 0 bridgehead atoms. The van der Waals surface area contributed by atoms with Crippen LogP contribution < -0.4 is 0 Å². The number of rotatable bonds is 6. The molecule has 0 atom stereocenters. The summed E-state index contributed by atoms with van der Waals surface area (Å²) in [7, 11) is 0. The Kier molecular flexibility index (Phi) is 6.95. The SMILES string of the molecule is CC[Se]/C(=C\c1ccccc1)SCC(C)C. The van der Waals surface area contributed by atoms with Crippen molar-refractivity contribution in [1.29, 1.82) is 0 Å². The van der Waals surface area contributed by atoms with Gasteiger partial charge in [0.05, 0.1) is 0 Å². The van der Waals surface area contributed by atoms with Gasteiger partial charge >= 0.3 is 110 Å². The molecule has 0 fully saturated rings. The van der Waals surface area contributed by atoms with E-state index in [1.165, 1.54) is 16.6 Å². The molecule has 0 unspecified atom stereocenters. The van der Waals surface area contributed by atoms with Gasteiger partial charge in [0.15, 0.2) is 0 Å². The Morgan fingerprint density at radius 3 is 2.56 bits per heavy atom. The summed E-state index contributed by atoms with van der Waals surface area (Å²) in [6.07, 6.45) is 2.36. The van der Waals surface area contributed by atoms with E-state index < -0.39 is 0 Å². The van der Waals surface area contributed by atoms with E-state index in [9.17, 15) is 0 Å². The van der Waals surface area contributed by atoms with Gasteiger partial charge in [-0.1, -0.05) is 0 Å². The summed E-state index contributed by atoms with van der Waals surface area (Å²) < 4.78 is 1.58. The van der Waals surface area contributed by atoms with Crippen LogP contribution in [-0.2, 0) is 0 Å². The molecule has 0 amide bonds. The van der Waals surface area contributed by atoms with Gasteiger partial charge in [-0.2, -0.15) is 0 Å². The van der Waals surface area contributed by atoms with Gasteiger partial charge in [0.1, 0.15) is 0 Å². The van der Waals surface area contributed by atoms with Crippen molar-refractivity contribution in [2.75, 3.05) is 5.75 Å².